The number of hydrogen-bond donors (Lipinski definition) is 3. The SMILES string of the molecule is CS(=O)(=O)NC1(Nc2cccnc2)C=C(O)C=C(c2ccccc2)C1. The molecule has 2 aromatic rings. The minimum absolute atomic E-state index is 0.0161. The zero-order valence-corrected chi connectivity index (χ0v) is 14.5. The van der Waals surface area contributed by atoms with Gasteiger partial charge in [0.25, 0.3) is 0 Å². The van der Waals surface area contributed by atoms with Crippen molar-refractivity contribution in [3.8, 4) is 0 Å². The maximum Gasteiger partial charge on any atom is 0.210 e. The molecule has 0 radical (unpaired) electrons. The highest BCUT2D eigenvalue weighted by Crippen LogP contribution is 2.33. The number of nitrogens with one attached hydrogen (secondary N) is 2. The third-order valence-electron chi connectivity index (χ3n) is 3.73. The predicted molar refractivity (Wildman–Crippen MR) is 98.3 cm³/mol. The standard InChI is InChI=1S/C18H19N3O3S/c1-25(23,24)21-18(20-16-8-5-9-19-13-16)11-15(10-17(22)12-18)14-6-3-2-4-7-14/h2-10,12-13,20-22H,11H2,1H3. The number of pyridine rings is 1. The van der Waals surface area contributed by atoms with E-state index in [0.29, 0.717) is 12.1 Å². The Kier molecular flexibility index (Phi) is 4.61. The van der Waals surface area contributed by atoms with E-state index in [1.165, 1.54) is 6.08 Å². The van der Waals surface area contributed by atoms with Crippen molar-refractivity contribution >= 4 is 21.3 Å². The van der Waals surface area contributed by atoms with Crippen LogP contribution in [0.5, 0.6) is 0 Å². The second-order valence-electron chi connectivity index (χ2n) is 5.99. The molecule has 1 atom stereocenters. The van der Waals surface area contributed by atoms with E-state index in [4.69, 9.17) is 0 Å². The van der Waals surface area contributed by atoms with E-state index in [0.717, 1.165) is 17.4 Å². The molecule has 1 aliphatic rings. The Morgan fingerprint density at radius 1 is 1.16 bits per heavy atom. The molecule has 7 heteroatoms. The summed E-state index contributed by atoms with van der Waals surface area (Å²) in [5, 5.41) is 13.4. The van der Waals surface area contributed by atoms with Crippen molar-refractivity contribution in [2.45, 2.75) is 12.1 Å². The molecule has 0 saturated heterocycles. The molecular weight excluding hydrogens is 338 g/mol. The van der Waals surface area contributed by atoms with Gasteiger partial charge in [0.2, 0.25) is 10.0 Å². The van der Waals surface area contributed by atoms with E-state index < -0.39 is 15.7 Å². The van der Waals surface area contributed by atoms with Gasteiger partial charge in [0.15, 0.2) is 0 Å². The summed E-state index contributed by atoms with van der Waals surface area (Å²) in [6.45, 7) is 0. The van der Waals surface area contributed by atoms with Crippen LogP contribution in [-0.2, 0) is 10.0 Å². The first-order chi connectivity index (χ1) is 11.9. The molecule has 0 aliphatic heterocycles. The molecule has 1 aliphatic carbocycles. The van der Waals surface area contributed by atoms with E-state index in [2.05, 4.69) is 15.0 Å². The maximum atomic E-state index is 11.9. The van der Waals surface area contributed by atoms with E-state index in [9.17, 15) is 13.5 Å². The fourth-order valence-corrected chi connectivity index (χ4v) is 3.75. The summed E-state index contributed by atoms with van der Waals surface area (Å²) in [6.07, 6.45) is 7.74. The van der Waals surface area contributed by atoms with Crippen LogP contribution in [-0.4, -0.2) is 30.4 Å². The first-order valence-electron chi connectivity index (χ1n) is 7.70. The van der Waals surface area contributed by atoms with Gasteiger partial charge in [-0.3, -0.25) is 4.98 Å². The molecular formula is C18H19N3O3S. The number of benzene rings is 1. The van der Waals surface area contributed by atoms with Gasteiger partial charge in [0, 0.05) is 18.8 Å². The second-order valence-corrected chi connectivity index (χ2v) is 7.74. The van der Waals surface area contributed by atoms with E-state index >= 15 is 0 Å². The summed E-state index contributed by atoms with van der Waals surface area (Å²) in [7, 11) is -3.55. The smallest absolute Gasteiger partial charge is 0.210 e. The maximum absolute atomic E-state index is 11.9. The Labute approximate surface area is 147 Å². The van der Waals surface area contributed by atoms with Crippen LogP contribution >= 0.6 is 0 Å². The molecule has 6 nitrogen and oxygen atoms in total. The van der Waals surface area contributed by atoms with Crippen molar-refractivity contribution in [1.82, 2.24) is 9.71 Å². The number of aliphatic hydroxyl groups excluding tert-OH is 1. The van der Waals surface area contributed by atoms with Gasteiger partial charge >= 0.3 is 0 Å². The number of allylic oxidation sites excluding steroid dienone is 1. The van der Waals surface area contributed by atoms with Gasteiger partial charge in [-0.05, 0) is 35.4 Å². The van der Waals surface area contributed by atoms with Gasteiger partial charge in [-0.1, -0.05) is 30.3 Å². The van der Waals surface area contributed by atoms with Gasteiger partial charge in [0.1, 0.15) is 11.4 Å². The normalized spacial score (nSPS) is 20.5. The fraction of sp³-hybridized carbons (Fsp3) is 0.167. The average Bonchev–Trinajstić information content (AvgIpc) is 2.54. The first-order valence-corrected chi connectivity index (χ1v) is 9.59. The Hall–Kier alpha value is -2.64. The zero-order chi connectivity index (χ0) is 17.9. The number of hydrogen-bond acceptors (Lipinski definition) is 5. The Morgan fingerprint density at radius 3 is 2.56 bits per heavy atom. The molecule has 3 N–H and O–H groups in total. The van der Waals surface area contributed by atoms with Crippen LogP contribution in [0.15, 0.2) is 72.8 Å². The quantitative estimate of drug-likeness (QED) is 0.716. The highest BCUT2D eigenvalue weighted by molar-refractivity contribution is 7.88. The van der Waals surface area contributed by atoms with Crippen LogP contribution in [0.25, 0.3) is 5.57 Å². The van der Waals surface area contributed by atoms with Gasteiger partial charge in [-0.25, -0.2) is 8.42 Å². The van der Waals surface area contributed by atoms with Crippen LogP contribution in [0.1, 0.15) is 12.0 Å². The second kappa shape index (κ2) is 6.70. The Morgan fingerprint density at radius 2 is 1.92 bits per heavy atom. The van der Waals surface area contributed by atoms with Crippen molar-refractivity contribution in [2.24, 2.45) is 0 Å². The van der Waals surface area contributed by atoms with Gasteiger partial charge in [-0.2, -0.15) is 4.72 Å². The number of anilines is 1. The lowest BCUT2D eigenvalue weighted by atomic mass is 9.89. The fourth-order valence-electron chi connectivity index (χ4n) is 2.91. The number of nitrogens with zero attached hydrogens (tertiary/aromatic N) is 1. The molecule has 0 bridgehead atoms. The van der Waals surface area contributed by atoms with Crippen molar-refractivity contribution in [3.05, 3.63) is 78.3 Å². The first kappa shape index (κ1) is 17.2. The lowest BCUT2D eigenvalue weighted by Crippen LogP contribution is -2.53. The molecule has 0 saturated carbocycles. The molecule has 130 valence electrons. The summed E-state index contributed by atoms with van der Waals surface area (Å²) in [5.74, 6) is -0.0161. The lowest BCUT2D eigenvalue weighted by molar-refractivity contribution is 0.408. The molecule has 0 amide bonds. The minimum atomic E-state index is -3.55. The summed E-state index contributed by atoms with van der Waals surface area (Å²) in [4.78, 5) is 4.04. The molecule has 1 aromatic carbocycles. The summed E-state index contributed by atoms with van der Waals surface area (Å²) in [6, 6.07) is 13.1. The highest BCUT2D eigenvalue weighted by atomic mass is 32.2. The number of aliphatic hydroxyl groups is 1. The van der Waals surface area contributed by atoms with Crippen molar-refractivity contribution < 1.29 is 13.5 Å². The number of aromatic nitrogens is 1. The van der Waals surface area contributed by atoms with Crippen LogP contribution in [0.3, 0.4) is 0 Å². The predicted octanol–water partition coefficient (Wildman–Crippen LogP) is 2.67. The molecule has 0 fully saturated rings. The highest BCUT2D eigenvalue weighted by Gasteiger charge is 2.35. The van der Waals surface area contributed by atoms with E-state index in [1.807, 2.05) is 30.3 Å². The molecule has 1 heterocycles. The summed E-state index contributed by atoms with van der Waals surface area (Å²) >= 11 is 0. The Balaban J connectivity index is 2.01. The van der Waals surface area contributed by atoms with E-state index in [-0.39, 0.29) is 5.76 Å². The third kappa shape index (κ3) is 4.46. The average molecular weight is 357 g/mol. The van der Waals surface area contributed by atoms with Crippen molar-refractivity contribution in [1.29, 1.82) is 0 Å². The minimum Gasteiger partial charge on any atom is -0.508 e. The number of rotatable bonds is 5. The van der Waals surface area contributed by atoms with Crippen molar-refractivity contribution in [2.75, 3.05) is 11.6 Å². The van der Waals surface area contributed by atoms with Gasteiger partial charge in [0.05, 0.1) is 11.9 Å². The van der Waals surface area contributed by atoms with Gasteiger partial charge in [-0.15, -0.1) is 0 Å². The molecule has 3 rings (SSSR count). The largest absolute Gasteiger partial charge is 0.508 e. The molecule has 1 unspecified atom stereocenters. The molecule has 25 heavy (non-hydrogen) atoms. The molecule has 0 spiro atoms. The van der Waals surface area contributed by atoms with E-state index in [1.54, 1.807) is 30.6 Å². The third-order valence-corrected chi connectivity index (χ3v) is 4.46. The zero-order valence-electron chi connectivity index (χ0n) is 13.7. The van der Waals surface area contributed by atoms with Crippen LogP contribution < -0.4 is 10.0 Å². The molecule has 1 aromatic heterocycles. The van der Waals surface area contributed by atoms with Crippen molar-refractivity contribution in [3.63, 3.8) is 0 Å². The monoisotopic (exact) mass is 357 g/mol. The van der Waals surface area contributed by atoms with Crippen LogP contribution in [0.2, 0.25) is 0 Å². The topological polar surface area (TPSA) is 91.3 Å². The van der Waals surface area contributed by atoms with Gasteiger partial charge < -0.3 is 10.4 Å². The Bertz CT molecular complexity index is 909. The van der Waals surface area contributed by atoms with Crippen LogP contribution in [0.4, 0.5) is 5.69 Å². The van der Waals surface area contributed by atoms with Crippen LogP contribution in [0, 0.1) is 0 Å². The summed E-state index contributed by atoms with van der Waals surface area (Å²) < 4.78 is 26.5. The summed E-state index contributed by atoms with van der Waals surface area (Å²) in [5.41, 5.74) is 1.17. The lowest BCUT2D eigenvalue weighted by Gasteiger charge is -2.36. The number of sulfonamides is 1.